The third-order valence-corrected chi connectivity index (χ3v) is 6.05. The van der Waals surface area contributed by atoms with Gasteiger partial charge in [-0.15, -0.1) is 0 Å². The molecule has 0 bridgehead atoms. The lowest BCUT2D eigenvalue weighted by Crippen LogP contribution is -2.52. The molecule has 1 aliphatic carbocycles. The number of alkyl halides is 2. The number of benzene rings is 1. The summed E-state index contributed by atoms with van der Waals surface area (Å²) in [6, 6.07) is 9.05. The van der Waals surface area contributed by atoms with Gasteiger partial charge in [0, 0.05) is 51.6 Å². The van der Waals surface area contributed by atoms with Gasteiger partial charge in [0.05, 0.1) is 0 Å². The maximum absolute atomic E-state index is 13.2. The van der Waals surface area contributed by atoms with Crippen molar-refractivity contribution in [3.63, 3.8) is 0 Å². The first-order valence-electron chi connectivity index (χ1n) is 10.5. The van der Waals surface area contributed by atoms with Crippen molar-refractivity contribution in [2.75, 3.05) is 6.54 Å². The number of halogens is 2. The molecule has 0 spiro atoms. The van der Waals surface area contributed by atoms with Crippen molar-refractivity contribution >= 4 is 11.8 Å². The molecule has 164 valence electrons. The van der Waals surface area contributed by atoms with Crippen LogP contribution in [0.4, 0.5) is 8.78 Å². The highest BCUT2D eigenvalue weighted by molar-refractivity contribution is 5.96. The van der Waals surface area contributed by atoms with Gasteiger partial charge in [-0.25, -0.2) is 8.78 Å². The molecule has 2 amide bonds. The van der Waals surface area contributed by atoms with Gasteiger partial charge in [-0.1, -0.05) is 30.3 Å². The normalized spacial score (nSPS) is 17.6. The van der Waals surface area contributed by atoms with E-state index in [-0.39, 0.29) is 11.5 Å². The second-order valence-electron chi connectivity index (χ2n) is 8.37. The molecule has 31 heavy (non-hydrogen) atoms. The van der Waals surface area contributed by atoms with Gasteiger partial charge >= 0.3 is 0 Å². The third-order valence-electron chi connectivity index (χ3n) is 6.05. The Morgan fingerprint density at radius 2 is 1.90 bits per heavy atom. The van der Waals surface area contributed by atoms with E-state index in [1.807, 2.05) is 30.3 Å². The minimum Gasteiger partial charge on any atom is -0.349 e. The molecule has 0 saturated heterocycles. The zero-order valence-corrected chi connectivity index (χ0v) is 17.4. The van der Waals surface area contributed by atoms with Gasteiger partial charge in [0.2, 0.25) is 5.91 Å². The van der Waals surface area contributed by atoms with Gasteiger partial charge in [0.1, 0.15) is 5.56 Å². The van der Waals surface area contributed by atoms with E-state index in [0.29, 0.717) is 38.0 Å². The molecule has 0 radical (unpaired) electrons. The number of pyridine rings is 1. The van der Waals surface area contributed by atoms with Crippen LogP contribution in [-0.2, 0) is 30.7 Å². The number of nitrogens with one attached hydrogen (secondary N) is 1. The molecule has 1 saturated carbocycles. The topological polar surface area (TPSA) is 71.4 Å². The second kappa shape index (κ2) is 8.24. The van der Waals surface area contributed by atoms with Gasteiger partial charge < -0.3 is 14.8 Å². The number of carbonyl (C=O) groups is 2. The zero-order chi connectivity index (χ0) is 22.2. The van der Waals surface area contributed by atoms with E-state index in [4.69, 9.17) is 0 Å². The van der Waals surface area contributed by atoms with E-state index in [1.165, 1.54) is 11.5 Å². The molecule has 4 rings (SSSR count). The van der Waals surface area contributed by atoms with E-state index in [9.17, 15) is 23.2 Å². The Balaban J connectivity index is 1.65. The van der Waals surface area contributed by atoms with Gasteiger partial charge in [0.15, 0.2) is 0 Å². The van der Waals surface area contributed by atoms with Crippen LogP contribution < -0.4 is 10.9 Å². The molecule has 8 heteroatoms. The average molecular weight is 429 g/mol. The van der Waals surface area contributed by atoms with Crippen LogP contribution in [-0.4, -0.2) is 39.8 Å². The van der Waals surface area contributed by atoms with E-state index in [1.54, 1.807) is 11.1 Å². The van der Waals surface area contributed by atoms with Crippen LogP contribution in [0.1, 0.15) is 46.8 Å². The predicted molar refractivity (Wildman–Crippen MR) is 111 cm³/mol. The lowest BCUT2D eigenvalue weighted by atomic mass is 9.87. The molecule has 0 unspecified atom stereocenters. The smallest absolute Gasteiger partial charge is 0.263 e. The van der Waals surface area contributed by atoms with Gasteiger partial charge in [0.25, 0.3) is 17.4 Å². The van der Waals surface area contributed by atoms with E-state index in [2.05, 4.69) is 5.32 Å². The summed E-state index contributed by atoms with van der Waals surface area (Å²) in [7, 11) is 0. The van der Waals surface area contributed by atoms with Crippen LogP contribution >= 0.6 is 0 Å². The monoisotopic (exact) mass is 429 g/mol. The average Bonchev–Trinajstić information content (AvgIpc) is 2.71. The molecule has 1 aliphatic heterocycles. The number of hydrogen-bond donors (Lipinski definition) is 1. The fourth-order valence-electron chi connectivity index (χ4n) is 4.30. The van der Waals surface area contributed by atoms with Crippen molar-refractivity contribution < 1.29 is 18.4 Å². The van der Waals surface area contributed by atoms with Crippen LogP contribution in [0.25, 0.3) is 0 Å². The fourth-order valence-corrected chi connectivity index (χ4v) is 4.30. The minimum atomic E-state index is -2.76. The quantitative estimate of drug-likeness (QED) is 0.794. The number of fused-ring (bicyclic) bond motifs is 1. The van der Waals surface area contributed by atoms with E-state index >= 15 is 0 Å². The maximum Gasteiger partial charge on any atom is 0.263 e. The van der Waals surface area contributed by atoms with Crippen LogP contribution in [0.5, 0.6) is 0 Å². The highest BCUT2D eigenvalue weighted by Crippen LogP contribution is 2.37. The molecule has 0 atom stereocenters. The molecule has 2 heterocycles. The summed E-state index contributed by atoms with van der Waals surface area (Å²) < 4.78 is 27.9. The summed E-state index contributed by atoms with van der Waals surface area (Å²) in [4.78, 5) is 39.7. The van der Waals surface area contributed by atoms with Crippen LogP contribution in [0.2, 0.25) is 0 Å². The standard InChI is InChI=1S/C23H25F2N3O3/c1-15(29)27-10-8-19-17(13-27)14-28(9-7-16-5-3-2-4-6-16)22(31)20(19)21(30)26-18-11-23(24,25)12-18/h2-6,14,18H,7-13H2,1H3,(H,26,30). The van der Waals surface area contributed by atoms with Crippen LogP contribution in [0, 0.1) is 0 Å². The van der Waals surface area contributed by atoms with Crippen molar-refractivity contribution in [1.82, 2.24) is 14.8 Å². The lowest BCUT2D eigenvalue weighted by molar-refractivity contribution is -0.129. The second-order valence-corrected chi connectivity index (χ2v) is 8.37. The Bertz CT molecular complexity index is 1060. The molecule has 1 N–H and O–H groups in total. The number of carbonyl (C=O) groups excluding carboxylic acids is 2. The zero-order valence-electron chi connectivity index (χ0n) is 17.4. The number of aryl methyl sites for hydroxylation is 2. The van der Waals surface area contributed by atoms with Crippen molar-refractivity contribution in [3.05, 3.63) is 69.1 Å². The van der Waals surface area contributed by atoms with E-state index < -0.39 is 36.3 Å². The molecular weight excluding hydrogens is 404 g/mol. The molecule has 6 nitrogen and oxygen atoms in total. The molecule has 2 aromatic rings. The fraction of sp³-hybridized carbons (Fsp3) is 0.435. The molecule has 1 aromatic carbocycles. The number of nitrogens with zero attached hydrogens (tertiary/aromatic N) is 2. The maximum atomic E-state index is 13.2. The first-order chi connectivity index (χ1) is 14.7. The summed E-state index contributed by atoms with van der Waals surface area (Å²) >= 11 is 0. The Labute approximate surface area is 178 Å². The lowest BCUT2D eigenvalue weighted by Gasteiger charge is -2.35. The van der Waals surface area contributed by atoms with Crippen molar-refractivity contribution in [3.8, 4) is 0 Å². The SMILES string of the molecule is CC(=O)N1CCc2c(cn(CCc3ccccc3)c(=O)c2C(=O)NC2CC(F)(F)C2)C1. The summed E-state index contributed by atoms with van der Waals surface area (Å²) in [5.41, 5.74) is 2.01. The molecular formula is C23H25F2N3O3. The van der Waals surface area contributed by atoms with Crippen LogP contribution in [0.3, 0.4) is 0 Å². The van der Waals surface area contributed by atoms with Crippen molar-refractivity contribution in [1.29, 1.82) is 0 Å². The molecule has 1 aromatic heterocycles. The largest absolute Gasteiger partial charge is 0.349 e. The molecule has 1 fully saturated rings. The summed E-state index contributed by atoms with van der Waals surface area (Å²) in [5, 5.41) is 2.60. The Morgan fingerprint density at radius 3 is 2.55 bits per heavy atom. The number of aromatic nitrogens is 1. The number of amides is 2. The minimum absolute atomic E-state index is 0.0176. The van der Waals surface area contributed by atoms with Gasteiger partial charge in [-0.3, -0.25) is 14.4 Å². The number of hydrogen-bond acceptors (Lipinski definition) is 3. The first-order valence-corrected chi connectivity index (χ1v) is 10.5. The van der Waals surface area contributed by atoms with Crippen molar-refractivity contribution in [2.24, 2.45) is 0 Å². The van der Waals surface area contributed by atoms with Gasteiger partial charge in [-0.2, -0.15) is 0 Å². The van der Waals surface area contributed by atoms with Crippen molar-refractivity contribution in [2.45, 2.75) is 57.7 Å². The summed E-state index contributed by atoms with van der Waals surface area (Å²) in [6.45, 7) is 2.59. The van der Waals surface area contributed by atoms with Gasteiger partial charge in [-0.05, 0) is 29.5 Å². The Morgan fingerprint density at radius 1 is 1.19 bits per heavy atom. The Hall–Kier alpha value is -3.03. The van der Waals surface area contributed by atoms with E-state index in [0.717, 1.165) is 11.1 Å². The highest BCUT2D eigenvalue weighted by Gasteiger charge is 2.46. The highest BCUT2D eigenvalue weighted by atomic mass is 19.3. The molecule has 2 aliphatic rings. The first kappa shape index (κ1) is 21.2. The predicted octanol–water partition coefficient (Wildman–Crippen LogP) is 2.52. The number of rotatable bonds is 5. The summed E-state index contributed by atoms with van der Waals surface area (Å²) in [5.74, 6) is -3.44. The Kier molecular flexibility index (Phi) is 5.64. The van der Waals surface area contributed by atoms with Crippen LogP contribution in [0.15, 0.2) is 41.3 Å². The summed E-state index contributed by atoms with van der Waals surface area (Å²) in [6.07, 6.45) is 1.89. The third kappa shape index (κ3) is 4.52.